The zero-order valence-electron chi connectivity index (χ0n) is 26.8. The van der Waals surface area contributed by atoms with E-state index in [0.717, 1.165) is 56.1 Å². The first-order valence-electron chi connectivity index (χ1n) is 15.6. The third kappa shape index (κ3) is 4.05. The molecule has 5 aliphatic rings. The quantitative estimate of drug-likeness (QED) is 0.342. The summed E-state index contributed by atoms with van der Waals surface area (Å²) >= 11 is 0. The van der Waals surface area contributed by atoms with Crippen molar-refractivity contribution in [3.8, 4) is 0 Å². The van der Waals surface area contributed by atoms with Crippen molar-refractivity contribution in [2.24, 2.45) is 38.7 Å². The summed E-state index contributed by atoms with van der Waals surface area (Å²) in [6, 6.07) is 0. The van der Waals surface area contributed by atoms with Crippen molar-refractivity contribution >= 4 is 17.7 Å². The summed E-state index contributed by atoms with van der Waals surface area (Å²) in [6.07, 6.45) is 13.2. The van der Waals surface area contributed by atoms with Gasteiger partial charge in [-0.25, -0.2) is 0 Å². The van der Waals surface area contributed by atoms with Gasteiger partial charge in [0.05, 0.1) is 6.42 Å². The van der Waals surface area contributed by atoms with Crippen molar-refractivity contribution in [3.05, 3.63) is 46.3 Å². The number of aliphatic carboxylic acids is 1. The van der Waals surface area contributed by atoms with Gasteiger partial charge >= 0.3 is 5.97 Å². The lowest BCUT2D eigenvalue weighted by molar-refractivity contribution is -0.172. The number of nitrogens with zero attached hydrogens (tertiary/aromatic N) is 1. The number of aliphatic hydroxyl groups excluding tert-OH is 1. The Morgan fingerprint density at radius 2 is 1.67 bits per heavy atom. The molecule has 3 saturated carbocycles. The van der Waals surface area contributed by atoms with Crippen LogP contribution in [0.3, 0.4) is 0 Å². The molecule has 7 nitrogen and oxygen atoms in total. The number of carboxylic acids is 1. The second kappa shape index (κ2) is 9.41. The lowest BCUT2D eigenvalue weighted by Crippen LogP contribution is -2.63. The Labute approximate surface area is 251 Å². The molecule has 5 aliphatic carbocycles. The summed E-state index contributed by atoms with van der Waals surface area (Å²) in [6.45, 7) is 13.7. The molecule has 0 spiro atoms. The zero-order chi connectivity index (χ0) is 31.3. The van der Waals surface area contributed by atoms with E-state index in [2.05, 4.69) is 46.8 Å². The van der Waals surface area contributed by atoms with Gasteiger partial charge in [0.2, 0.25) is 11.7 Å². The van der Waals surface area contributed by atoms with Crippen molar-refractivity contribution in [2.45, 2.75) is 105 Å². The second-order valence-corrected chi connectivity index (χ2v) is 15.9. The lowest BCUT2D eigenvalue weighted by Gasteiger charge is -2.70. The molecule has 1 amide bonds. The van der Waals surface area contributed by atoms with Gasteiger partial charge in [0, 0.05) is 11.0 Å². The van der Waals surface area contributed by atoms with Crippen molar-refractivity contribution in [2.75, 3.05) is 14.1 Å². The van der Waals surface area contributed by atoms with E-state index >= 15 is 0 Å². The normalized spacial score (nSPS) is 40.9. The minimum absolute atomic E-state index is 0.0295. The molecular weight excluding hydrogens is 528 g/mol. The van der Waals surface area contributed by atoms with Crippen molar-refractivity contribution in [1.82, 2.24) is 4.90 Å². The number of fused-ring (bicyclic) bond motifs is 7. The number of amides is 1. The number of carbonyl (C=O) groups excluding carboxylic acids is 2. The molecule has 0 saturated heterocycles. The van der Waals surface area contributed by atoms with Crippen molar-refractivity contribution in [3.63, 3.8) is 0 Å². The van der Waals surface area contributed by atoms with Crippen LogP contribution in [0.25, 0.3) is 0 Å². The molecule has 230 valence electrons. The van der Waals surface area contributed by atoms with Crippen LogP contribution in [-0.4, -0.2) is 52.4 Å². The topological polar surface area (TPSA) is 121 Å². The van der Waals surface area contributed by atoms with E-state index in [1.807, 2.05) is 6.92 Å². The molecule has 0 aromatic rings. The number of carboxylic acid groups (broad SMARTS) is 1. The molecule has 0 bridgehead atoms. The first-order valence-corrected chi connectivity index (χ1v) is 15.6. The van der Waals surface area contributed by atoms with Crippen molar-refractivity contribution < 1.29 is 24.6 Å². The average molecular weight is 579 g/mol. The molecular formula is C35H50N2O5. The first kappa shape index (κ1) is 30.8. The van der Waals surface area contributed by atoms with Gasteiger partial charge in [-0.2, -0.15) is 0 Å². The Morgan fingerprint density at radius 3 is 2.26 bits per heavy atom. The SMILES string of the molecule is CC1=C(O)C(=O)C=C2C1=CC=C1[C@@]2(C)CC[C@@]2(C)[C@@H]3C[C@](C)(CC(CC(N)=O)(C(=O)O)N(C)C)CC[C@@]3(C)CC[C@]12C. The molecule has 4 N–H and O–H groups in total. The highest BCUT2D eigenvalue weighted by atomic mass is 16.4. The number of allylic oxidation sites excluding steroid dienone is 7. The van der Waals surface area contributed by atoms with Gasteiger partial charge in [0.25, 0.3) is 0 Å². The van der Waals surface area contributed by atoms with Crippen LogP contribution in [0.1, 0.15) is 99.3 Å². The maximum absolute atomic E-state index is 12.8. The van der Waals surface area contributed by atoms with Crippen LogP contribution in [0.5, 0.6) is 0 Å². The Morgan fingerprint density at radius 1 is 1.02 bits per heavy atom. The molecule has 0 aliphatic heterocycles. The van der Waals surface area contributed by atoms with Crippen molar-refractivity contribution in [1.29, 1.82) is 0 Å². The fourth-order valence-corrected chi connectivity index (χ4v) is 10.4. The van der Waals surface area contributed by atoms with E-state index in [0.29, 0.717) is 17.9 Å². The largest absolute Gasteiger partial charge is 0.504 e. The van der Waals surface area contributed by atoms with Crippen LogP contribution in [-0.2, 0) is 14.4 Å². The van der Waals surface area contributed by atoms with Gasteiger partial charge in [0.1, 0.15) is 5.54 Å². The van der Waals surface area contributed by atoms with Crippen LogP contribution in [0, 0.1) is 33.0 Å². The molecule has 5 rings (SSSR count). The predicted molar refractivity (Wildman–Crippen MR) is 163 cm³/mol. The minimum Gasteiger partial charge on any atom is -0.504 e. The summed E-state index contributed by atoms with van der Waals surface area (Å²) in [5, 5.41) is 20.9. The van der Waals surface area contributed by atoms with Gasteiger partial charge in [-0.05, 0) is 117 Å². The highest BCUT2D eigenvalue weighted by molar-refractivity contribution is 6.06. The van der Waals surface area contributed by atoms with E-state index in [1.54, 1.807) is 25.1 Å². The highest BCUT2D eigenvalue weighted by Crippen LogP contribution is 2.75. The molecule has 0 aromatic carbocycles. The fourth-order valence-electron chi connectivity index (χ4n) is 10.4. The number of ketones is 1. The van der Waals surface area contributed by atoms with Crippen LogP contribution >= 0.6 is 0 Å². The van der Waals surface area contributed by atoms with Crippen LogP contribution < -0.4 is 5.73 Å². The van der Waals surface area contributed by atoms with Gasteiger partial charge in [-0.1, -0.05) is 52.3 Å². The first-order chi connectivity index (χ1) is 19.3. The number of rotatable bonds is 6. The van der Waals surface area contributed by atoms with Gasteiger partial charge in [0.15, 0.2) is 5.76 Å². The summed E-state index contributed by atoms with van der Waals surface area (Å²) < 4.78 is 0. The maximum Gasteiger partial charge on any atom is 0.324 e. The Bertz CT molecular complexity index is 1390. The predicted octanol–water partition coefficient (Wildman–Crippen LogP) is 6.26. The Hall–Kier alpha value is -2.67. The average Bonchev–Trinajstić information content (AvgIpc) is 2.89. The zero-order valence-corrected chi connectivity index (χ0v) is 26.8. The van der Waals surface area contributed by atoms with Crippen LogP contribution in [0.2, 0.25) is 0 Å². The molecule has 1 unspecified atom stereocenters. The number of hydrogen-bond acceptors (Lipinski definition) is 5. The summed E-state index contributed by atoms with van der Waals surface area (Å²) in [5.41, 5.74) is 7.79. The van der Waals surface area contributed by atoms with E-state index < -0.39 is 17.4 Å². The molecule has 3 fully saturated rings. The van der Waals surface area contributed by atoms with Crippen LogP contribution in [0.15, 0.2) is 46.3 Å². The fraction of sp³-hybridized carbons (Fsp3) is 0.686. The molecule has 7 atom stereocenters. The monoisotopic (exact) mass is 578 g/mol. The summed E-state index contributed by atoms with van der Waals surface area (Å²) in [4.78, 5) is 39.4. The van der Waals surface area contributed by atoms with E-state index in [-0.39, 0.29) is 45.0 Å². The number of primary amides is 1. The number of nitrogens with two attached hydrogens (primary N) is 1. The lowest BCUT2D eigenvalue weighted by atomic mass is 9.34. The highest BCUT2D eigenvalue weighted by Gasteiger charge is 2.67. The van der Waals surface area contributed by atoms with E-state index in [4.69, 9.17) is 5.73 Å². The molecule has 0 heterocycles. The third-order valence-electron chi connectivity index (χ3n) is 13.4. The molecule has 42 heavy (non-hydrogen) atoms. The summed E-state index contributed by atoms with van der Waals surface area (Å²) in [5.74, 6) is -1.68. The Kier molecular flexibility index (Phi) is 6.90. The summed E-state index contributed by atoms with van der Waals surface area (Å²) in [7, 11) is 3.49. The smallest absolute Gasteiger partial charge is 0.324 e. The number of aliphatic hydroxyl groups is 1. The minimum atomic E-state index is -1.34. The Balaban J connectivity index is 1.56. The van der Waals surface area contributed by atoms with Gasteiger partial charge in [-0.3, -0.25) is 19.3 Å². The number of hydrogen-bond donors (Lipinski definition) is 3. The van der Waals surface area contributed by atoms with Gasteiger partial charge < -0.3 is 15.9 Å². The van der Waals surface area contributed by atoms with E-state index in [9.17, 15) is 24.6 Å². The standard InChI is InChI=1S/C35H50N2O5/c1-21-22-9-10-25-32(4,23(22)17-24(38)28(21)40)14-16-34(6)26-18-30(2,11-12-31(26,3)13-15-33(25,34)5)20-35(29(41)42,37(7)8)19-27(36)39/h9-10,17,26,40H,11-16,18-20H2,1-8H3,(H2,36,39)(H,41,42)/t26-,30-,31+,32+,33-,34+,35?/m1/s1. The molecule has 0 aromatic heterocycles. The number of likely N-dealkylation sites (N-methyl/N-ethyl adjacent to an activating group) is 1. The molecule has 0 radical (unpaired) electrons. The van der Waals surface area contributed by atoms with E-state index in [1.165, 1.54) is 5.57 Å². The molecule has 7 heteroatoms. The second-order valence-electron chi connectivity index (χ2n) is 15.9. The third-order valence-corrected chi connectivity index (χ3v) is 13.4. The van der Waals surface area contributed by atoms with Crippen LogP contribution in [0.4, 0.5) is 0 Å². The number of carbonyl (C=O) groups is 3. The maximum atomic E-state index is 12.8. The van der Waals surface area contributed by atoms with Gasteiger partial charge in [-0.15, -0.1) is 0 Å².